The number of fused-ring (bicyclic) bond motifs is 2. The van der Waals surface area contributed by atoms with Gasteiger partial charge in [0.2, 0.25) is 0 Å². The van der Waals surface area contributed by atoms with Gasteiger partial charge in [-0.2, -0.15) is 5.26 Å². The second kappa shape index (κ2) is 5.56. The summed E-state index contributed by atoms with van der Waals surface area (Å²) in [6, 6.07) is 22.0. The van der Waals surface area contributed by atoms with Crippen molar-refractivity contribution in [2.75, 3.05) is 0 Å². The fourth-order valence-electron chi connectivity index (χ4n) is 3.75. The van der Waals surface area contributed by atoms with Gasteiger partial charge < -0.3 is 0 Å². The summed E-state index contributed by atoms with van der Waals surface area (Å²) in [5, 5.41) is 11.7. The SMILES string of the molecule is Cc1ccc2cc(C3CCc4cc(C#N)ccc4C3)ccc2c1. The third kappa shape index (κ3) is 2.62. The lowest BCUT2D eigenvalue weighted by molar-refractivity contribution is 0.585. The second-order valence-electron chi connectivity index (χ2n) is 6.65. The van der Waals surface area contributed by atoms with E-state index in [9.17, 15) is 0 Å². The first-order valence-corrected chi connectivity index (χ1v) is 8.25. The van der Waals surface area contributed by atoms with Gasteiger partial charge in [-0.15, -0.1) is 0 Å². The maximum atomic E-state index is 9.04. The molecule has 3 aromatic rings. The third-order valence-electron chi connectivity index (χ3n) is 5.06. The highest BCUT2D eigenvalue weighted by Crippen LogP contribution is 2.34. The molecule has 0 N–H and O–H groups in total. The first kappa shape index (κ1) is 14.0. The van der Waals surface area contributed by atoms with Gasteiger partial charge in [0.15, 0.2) is 0 Å². The topological polar surface area (TPSA) is 23.8 Å². The van der Waals surface area contributed by atoms with Crippen LogP contribution in [0.15, 0.2) is 54.6 Å². The second-order valence-corrected chi connectivity index (χ2v) is 6.65. The summed E-state index contributed by atoms with van der Waals surface area (Å²) in [5.74, 6) is 0.584. The van der Waals surface area contributed by atoms with Crippen LogP contribution in [-0.2, 0) is 12.8 Å². The van der Waals surface area contributed by atoms with Crippen molar-refractivity contribution >= 4 is 10.8 Å². The highest BCUT2D eigenvalue weighted by molar-refractivity contribution is 5.84. The largest absolute Gasteiger partial charge is 0.192 e. The van der Waals surface area contributed by atoms with Gasteiger partial charge in [-0.1, -0.05) is 48.0 Å². The molecule has 0 fully saturated rings. The summed E-state index contributed by atoms with van der Waals surface area (Å²) < 4.78 is 0. The van der Waals surface area contributed by atoms with Crippen molar-refractivity contribution in [3.63, 3.8) is 0 Å². The number of hydrogen-bond donors (Lipinski definition) is 0. The molecular weight excluding hydrogens is 278 g/mol. The molecule has 3 aromatic carbocycles. The third-order valence-corrected chi connectivity index (χ3v) is 5.06. The molecule has 0 saturated carbocycles. The summed E-state index contributed by atoms with van der Waals surface area (Å²) in [4.78, 5) is 0. The molecule has 0 aliphatic heterocycles. The molecule has 0 bridgehead atoms. The lowest BCUT2D eigenvalue weighted by Gasteiger charge is -2.25. The molecule has 0 saturated heterocycles. The van der Waals surface area contributed by atoms with E-state index in [1.807, 2.05) is 6.07 Å². The molecule has 112 valence electrons. The predicted molar refractivity (Wildman–Crippen MR) is 94.6 cm³/mol. The minimum atomic E-state index is 0.584. The van der Waals surface area contributed by atoms with Crippen LogP contribution in [0.1, 0.15) is 40.2 Å². The first-order valence-electron chi connectivity index (χ1n) is 8.25. The molecule has 4 rings (SSSR count). The normalized spacial score (nSPS) is 16.8. The molecule has 1 aliphatic carbocycles. The van der Waals surface area contributed by atoms with Gasteiger partial charge in [0.1, 0.15) is 0 Å². The van der Waals surface area contributed by atoms with Crippen LogP contribution in [0.3, 0.4) is 0 Å². The number of hydrogen-bond acceptors (Lipinski definition) is 1. The Morgan fingerprint density at radius 3 is 2.61 bits per heavy atom. The average Bonchev–Trinajstić information content (AvgIpc) is 2.60. The van der Waals surface area contributed by atoms with E-state index in [4.69, 9.17) is 5.26 Å². The van der Waals surface area contributed by atoms with E-state index >= 15 is 0 Å². The molecule has 1 heteroatoms. The van der Waals surface area contributed by atoms with Crippen LogP contribution in [-0.4, -0.2) is 0 Å². The Labute approximate surface area is 137 Å². The fourth-order valence-corrected chi connectivity index (χ4v) is 3.75. The van der Waals surface area contributed by atoms with Crippen molar-refractivity contribution in [2.24, 2.45) is 0 Å². The van der Waals surface area contributed by atoms with E-state index < -0.39 is 0 Å². The van der Waals surface area contributed by atoms with E-state index in [1.54, 1.807) is 0 Å². The minimum Gasteiger partial charge on any atom is -0.192 e. The molecule has 1 nitrogen and oxygen atoms in total. The zero-order valence-corrected chi connectivity index (χ0v) is 13.3. The van der Waals surface area contributed by atoms with Gasteiger partial charge in [-0.25, -0.2) is 0 Å². The fraction of sp³-hybridized carbons (Fsp3) is 0.227. The minimum absolute atomic E-state index is 0.584. The van der Waals surface area contributed by atoms with E-state index in [0.717, 1.165) is 18.4 Å². The van der Waals surface area contributed by atoms with Crippen LogP contribution in [0.4, 0.5) is 0 Å². The van der Waals surface area contributed by atoms with E-state index in [-0.39, 0.29) is 0 Å². The van der Waals surface area contributed by atoms with Crippen molar-refractivity contribution < 1.29 is 0 Å². The standard InChI is InChI=1S/C22H19N/c1-15-2-4-19-12-21(8-6-17(19)10-15)22-9-7-18-11-16(14-23)3-5-20(18)13-22/h2-6,8,10-12,22H,7,9,13H2,1H3. The van der Waals surface area contributed by atoms with Gasteiger partial charge in [0.05, 0.1) is 11.6 Å². The molecular formula is C22H19N. The Hall–Kier alpha value is -2.59. The van der Waals surface area contributed by atoms with Gasteiger partial charge in [0.25, 0.3) is 0 Å². The van der Waals surface area contributed by atoms with E-state index in [1.165, 1.54) is 39.4 Å². The smallest absolute Gasteiger partial charge is 0.0991 e. The van der Waals surface area contributed by atoms with Gasteiger partial charge in [0, 0.05) is 0 Å². The molecule has 1 atom stereocenters. The van der Waals surface area contributed by atoms with Crippen LogP contribution in [0.2, 0.25) is 0 Å². The summed E-state index contributed by atoms with van der Waals surface area (Å²) in [7, 11) is 0. The number of aryl methyl sites for hydroxylation is 2. The molecule has 0 amide bonds. The summed E-state index contributed by atoms with van der Waals surface area (Å²) in [5.41, 5.74) is 6.30. The van der Waals surface area contributed by atoms with Crippen molar-refractivity contribution in [3.8, 4) is 6.07 Å². The monoisotopic (exact) mass is 297 g/mol. The van der Waals surface area contributed by atoms with Crippen molar-refractivity contribution in [1.29, 1.82) is 5.26 Å². The highest BCUT2D eigenvalue weighted by atomic mass is 14.3. The summed E-state index contributed by atoms with van der Waals surface area (Å²) >= 11 is 0. The Balaban J connectivity index is 1.66. The van der Waals surface area contributed by atoms with Gasteiger partial charge in [-0.3, -0.25) is 0 Å². The van der Waals surface area contributed by atoms with E-state index in [0.29, 0.717) is 5.92 Å². The Kier molecular flexibility index (Phi) is 3.39. The lowest BCUT2D eigenvalue weighted by atomic mass is 9.79. The van der Waals surface area contributed by atoms with Crippen LogP contribution in [0, 0.1) is 18.3 Å². The molecule has 0 radical (unpaired) electrons. The number of benzene rings is 3. The molecule has 23 heavy (non-hydrogen) atoms. The number of rotatable bonds is 1. The van der Waals surface area contributed by atoms with Crippen molar-refractivity contribution in [3.05, 3.63) is 82.4 Å². The number of nitrogens with zero attached hydrogens (tertiary/aromatic N) is 1. The van der Waals surface area contributed by atoms with Crippen molar-refractivity contribution in [1.82, 2.24) is 0 Å². The highest BCUT2D eigenvalue weighted by Gasteiger charge is 2.20. The molecule has 0 heterocycles. The Morgan fingerprint density at radius 2 is 1.74 bits per heavy atom. The lowest BCUT2D eigenvalue weighted by Crippen LogP contribution is -2.13. The van der Waals surface area contributed by atoms with Gasteiger partial charge in [-0.05, 0) is 71.7 Å². The van der Waals surface area contributed by atoms with Crippen LogP contribution >= 0.6 is 0 Å². The average molecular weight is 297 g/mol. The zero-order chi connectivity index (χ0) is 15.8. The Bertz CT molecular complexity index is 930. The molecule has 0 spiro atoms. The van der Waals surface area contributed by atoms with Crippen LogP contribution in [0.5, 0.6) is 0 Å². The summed E-state index contributed by atoms with van der Waals surface area (Å²) in [6.45, 7) is 2.14. The van der Waals surface area contributed by atoms with E-state index in [2.05, 4.69) is 61.5 Å². The maximum Gasteiger partial charge on any atom is 0.0991 e. The number of nitriles is 1. The van der Waals surface area contributed by atoms with Crippen LogP contribution in [0.25, 0.3) is 10.8 Å². The molecule has 1 aliphatic rings. The predicted octanol–water partition coefficient (Wildman–Crippen LogP) is 5.29. The van der Waals surface area contributed by atoms with Crippen LogP contribution < -0.4 is 0 Å². The summed E-state index contributed by atoms with van der Waals surface area (Å²) in [6.07, 6.45) is 3.32. The quantitative estimate of drug-likeness (QED) is 0.598. The van der Waals surface area contributed by atoms with Crippen molar-refractivity contribution in [2.45, 2.75) is 32.1 Å². The Morgan fingerprint density at radius 1 is 0.913 bits per heavy atom. The maximum absolute atomic E-state index is 9.04. The molecule has 0 aromatic heterocycles. The zero-order valence-electron chi connectivity index (χ0n) is 13.3. The molecule has 1 unspecified atom stereocenters. The first-order chi connectivity index (χ1) is 11.2. The van der Waals surface area contributed by atoms with Gasteiger partial charge >= 0.3 is 0 Å².